The number of amides is 1. The number of para-hydroxylation sites is 1. The monoisotopic (exact) mass is 271 g/mol. The molecule has 1 atom stereocenters. The molecule has 0 N–H and O–H groups in total. The minimum atomic E-state index is 0.0733. The SMILES string of the molecule is CC1Cc2ccccc2N(CC(=O)N(C)CCC#N)C1. The largest absolute Gasteiger partial charge is 0.362 e. The lowest BCUT2D eigenvalue weighted by molar-refractivity contribution is -0.128. The van der Waals surface area contributed by atoms with Crippen molar-refractivity contribution in [3.63, 3.8) is 0 Å². The van der Waals surface area contributed by atoms with Crippen molar-refractivity contribution < 1.29 is 4.79 Å². The van der Waals surface area contributed by atoms with E-state index in [0.29, 0.717) is 25.4 Å². The van der Waals surface area contributed by atoms with Crippen LogP contribution in [0.15, 0.2) is 24.3 Å². The summed E-state index contributed by atoms with van der Waals surface area (Å²) < 4.78 is 0. The van der Waals surface area contributed by atoms with Gasteiger partial charge in [0, 0.05) is 25.8 Å². The van der Waals surface area contributed by atoms with Crippen LogP contribution in [0.2, 0.25) is 0 Å². The molecule has 20 heavy (non-hydrogen) atoms. The summed E-state index contributed by atoms with van der Waals surface area (Å²) in [4.78, 5) is 16.0. The first-order chi connectivity index (χ1) is 9.61. The van der Waals surface area contributed by atoms with Gasteiger partial charge in [0.05, 0.1) is 19.0 Å². The molecule has 1 aliphatic rings. The van der Waals surface area contributed by atoms with E-state index in [9.17, 15) is 4.79 Å². The number of carbonyl (C=O) groups is 1. The molecular weight excluding hydrogens is 250 g/mol. The van der Waals surface area contributed by atoms with Gasteiger partial charge in [-0.05, 0) is 24.0 Å². The molecule has 1 amide bonds. The van der Waals surface area contributed by atoms with Crippen molar-refractivity contribution in [1.29, 1.82) is 5.26 Å². The van der Waals surface area contributed by atoms with E-state index in [1.807, 2.05) is 6.07 Å². The summed E-state index contributed by atoms with van der Waals surface area (Å²) in [5.41, 5.74) is 2.49. The quantitative estimate of drug-likeness (QED) is 0.842. The van der Waals surface area contributed by atoms with Crippen LogP contribution in [0, 0.1) is 17.2 Å². The Morgan fingerprint density at radius 2 is 2.25 bits per heavy atom. The van der Waals surface area contributed by atoms with Crippen molar-refractivity contribution in [3.05, 3.63) is 29.8 Å². The van der Waals surface area contributed by atoms with Crippen molar-refractivity contribution in [2.45, 2.75) is 19.8 Å². The van der Waals surface area contributed by atoms with Crippen LogP contribution in [0.25, 0.3) is 0 Å². The lowest BCUT2D eigenvalue weighted by Gasteiger charge is -2.35. The van der Waals surface area contributed by atoms with Gasteiger partial charge in [-0.1, -0.05) is 25.1 Å². The van der Waals surface area contributed by atoms with E-state index in [-0.39, 0.29) is 5.91 Å². The van der Waals surface area contributed by atoms with Crippen molar-refractivity contribution >= 4 is 11.6 Å². The normalized spacial score (nSPS) is 17.2. The third-order valence-electron chi connectivity index (χ3n) is 3.74. The summed E-state index contributed by atoms with van der Waals surface area (Å²) in [6.45, 7) is 4.02. The van der Waals surface area contributed by atoms with E-state index in [4.69, 9.17) is 5.26 Å². The molecule has 0 fully saturated rings. The van der Waals surface area contributed by atoms with Gasteiger partial charge in [0.25, 0.3) is 0 Å². The van der Waals surface area contributed by atoms with Crippen LogP contribution in [-0.2, 0) is 11.2 Å². The molecule has 1 aliphatic heterocycles. The first-order valence-corrected chi connectivity index (χ1v) is 7.05. The highest BCUT2D eigenvalue weighted by Gasteiger charge is 2.23. The fourth-order valence-electron chi connectivity index (χ4n) is 2.68. The molecule has 0 aliphatic carbocycles. The van der Waals surface area contributed by atoms with Gasteiger partial charge in [-0.15, -0.1) is 0 Å². The van der Waals surface area contributed by atoms with Crippen LogP contribution < -0.4 is 4.90 Å². The maximum absolute atomic E-state index is 12.2. The molecule has 106 valence electrons. The Hall–Kier alpha value is -2.02. The van der Waals surface area contributed by atoms with Gasteiger partial charge in [0.1, 0.15) is 0 Å². The molecule has 0 saturated heterocycles. The average Bonchev–Trinajstić information content (AvgIpc) is 2.44. The van der Waals surface area contributed by atoms with E-state index < -0.39 is 0 Å². The molecule has 1 aromatic carbocycles. The third kappa shape index (κ3) is 3.30. The molecule has 1 aromatic rings. The number of anilines is 1. The standard InChI is InChI=1S/C16H21N3O/c1-13-10-14-6-3-4-7-15(14)19(11-13)12-16(20)18(2)9-5-8-17/h3-4,6-7,13H,5,9-12H2,1-2H3. The number of benzene rings is 1. The highest BCUT2D eigenvalue weighted by Crippen LogP contribution is 2.29. The van der Waals surface area contributed by atoms with E-state index in [1.165, 1.54) is 11.3 Å². The van der Waals surface area contributed by atoms with Crippen LogP contribution in [0.5, 0.6) is 0 Å². The van der Waals surface area contributed by atoms with Crippen LogP contribution in [0.4, 0.5) is 5.69 Å². The minimum Gasteiger partial charge on any atom is -0.362 e. The highest BCUT2D eigenvalue weighted by molar-refractivity contribution is 5.81. The molecule has 4 heteroatoms. The van der Waals surface area contributed by atoms with Crippen molar-refractivity contribution in [2.75, 3.05) is 31.6 Å². The molecule has 0 spiro atoms. The Kier molecular flexibility index (Phi) is 4.62. The molecular formula is C16H21N3O. The predicted octanol–water partition coefficient (Wildman–Crippen LogP) is 2.06. The second-order valence-corrected chi connectivity index (χ2v) is 5.54. The Balaban J connectivity index is 2.06. The Labute approximate surface area is 120 Å². The topological polar surface area (TPSA) is 47.3 Å². The predicted molar refractivity (Wildman–Crippen MR) is 79.4 cm³/mol. The van der Waals surface area contributed by atoms with E-state index in [0.717, 1.165) is 13.0 Å². The zero-order valence-corrected chi connectivity index (χ0v) is 12.2. The van der Waals surface area contributed by atoms with Gasteiger partial charge in [-0.3, -0.25) is 4.79 Å². The molecule has 2 rings (SSSR count). The lowest BCUT2D eigenvalue weighted by Crippen LogP contribution is -2.43. The summed E-state index contributed by atoms with van der Waals surface area (Å²) in [6, 6.07) is 10.4. The van der Waals surface area contributed by atoms with Crippen molar-refractivity contribution in [2.24, 2.45) is 5.92 Å². The fraction of sp³-hybridized carbons (Fsp3) is 0.500. The zero-order valence-electron chi connectivity index (χ0n) is 12.2. The first kappa shape index (κ1) is 14.4. The second kappa shape index (κ2) is 6.42. The summed E-state index contributed by atoms with van der Waals surface area (Å²) in [5, 5.41) is 8.58. The van der Waals surface area contributed by atoms with Crippen LogP contribution in [-0.4, -0.2) is 37.5 Å². The van der Waals surface area contributed by atoms with Gasteiger partial charge < -0.3 is 9.80 Å². The Morgan fingerprint density at radius 1 is 1.50 bits per heavy atom. The molecule has 0 aromatic heterocycles. The highest BCUT2D eigenvalue weighted by atomic mass is 16.2. The minimum absolute atomic E-state index is 0.0733. The number of hydrogen-bond donors (Lipinski definition) is 0. The summed E-state index contributed by atoms with van der Waals surface area (Å²) in [7, 11) is 1.76. The van der Waals surface area contributed by atoms with E-state index >= 15 is 0 Å². The zero-order chi connectivity index (χ0) is 14.5. The number of likely N-dealkylation sites (N-methyl/N-ethyl adjacent to an activating group) is 1. The fourth-order valence-corrected chi connectivity index (χ4v) is 2.68. The van der Waals surface area contributed by atoms with Crippen LogP contribution in [0.1, 0.15) is 18.9 Å². The van der Waals surface area contributed by atoms with Gasteiger partial charge in [-0.2, -0.15) is 5.26 Å². The van der Waals surface area contributed by atoms with Gasteiger partial charge in [0.2, 0.25) is 5.91 Å². The molecule has 0 bridgehead atoms. The maximum atomic E-state index is 12.2. The van der Waals surface area contributed by atoms with E-state index in [1.54, 1.807) is 11.9 Å². The lowest BCUT2D eigenvalue weighted by atomic mass is 9.94. The summed E-state index contributed by atoms with van der Waals surface area (Å²) in [5.74, 6) is 0.631. The number of carbonyl (C=O) groups excluding carboxylic acids is 1. The molecule has 1 unspecified atom stereocenters. The number of hydrogen-bond acceptors (Lipinski definition) is 3. The number of fused-ring (bicyclic) bond motifs is 1. The van der Waals surface area contributed by atoms with Crippen LogP contribution >= 0.6 is 0 Å². The van der Waals surface area contributed by atoms with Gasteiger partial charge in [0.15, 0.2) is 0 Å². The molecule has 0 saturated carbocycles. The number of nitrogens with zero attached hydrogens (tertiary/aromatic N) is 3. The number of nitriles is 1. The molecule has 4 nitrogen and oxygen atoms in total. The van der Waals surface area contributed by atoms with Gasteiger partial charge in [-0.25, -0.2) is 0 Å². The van der Waals surface area contributed by atoms with Crippen molar-refractivity contribution in [1.82, 2.24) is 4.90 Å². The van der Waals surface area contributed by atoms with E-state index in [2.05, 4.69) is 36.1 Å². The van der Waals surface area contributed by atoms with Gasteiger partial charge >= 0.3 is 0 Å². The third-order valence-corrected chi connectivity index (χ3v) is 3.74. The van der Waals surface area contributed by atoms with Crippen molar-refractivity contribution in [3.8, 4) is 6.07 Å². The first-order valence-electron chi connectivity index (χ1n) is 7.05. The molecule has 1 heterocycles. The maximum Gasteiger partial charge on any atom is 0.241 e. The number of rotatable bonds is 4. The Bertz CT molecular complexity index is 521. The summed E-state index contributed by atoms with van der Waals surface area (Å²) >= 11 is 0. The molecule has 0 radical (unpaired) electrons. The smallest absolute Gasteiger partial charge is 0.241 e. The second-order valence-electron chi connectivity index (χ2n) is 5.54. The average molecular weight is 271 g/mol. The Morgan fingerprint density at radius 3 is 3.00 bits per heavy atom. The van der Waals surface area contributed by atoms with Crippen LogP contribution in [0.3, 0.4) is 0 Å². The summed E-state index contributed by atoms with van der Waals surface area (Å²) in [6.07, 6.45) is 1.46.